The number of carbonyl (C=O) groups excluding carboxylic acids is 1. The molecule has 2 aromatic rings. The van der Waals surface area contributed by atoms with E-state index in [0.29, 0.717) is 46.6 Å². The van der Waals surface area contributed by atoms with Crippen molar-refractivity contribution in [2.45, 2.75) is 17.7 Å². The lowest BCUT2D eigenvalue weighted by Gasteiger charge is -2.31. The maximum absolute atomic E-state index is 13.1. The molecule has 3 rings (SSSR count). The fourth-order valence-electron chi connectivity index (χ4n) is 3.32. The molecule has 0 saturated carbocycles. The molecule has 0 radical (unpaired) electrons. The molecule has 1 atom stereocenters. The molecule has 10 heteroatoms. The van der Waals surface area contributed by atoms with E-state index in [1.807, 2.05) is 0 Å². The molecular weight excluding hydrogens is 451 g/mol. The molecule has 0 aliphatic carbocycles. The van der Waals surface area contributed by atoms with Gasteiger partial charge >= 0.3 is 0 Å². The van der Waals surface area contributed by atoms with Crippen LogP contribution in [0.2, 0.25) is 10.0 Å². The Morgan fingerprint density at radius 1 is 1.07 bits per heavy atom. The monoisotopic (exact) mass is 472 g/mol. The maximum atomic E-state index is 13.1. The molecule has 1 aliphatic heterocycles. The Labute approximate surface area is 185 Å². The largest absolute Gasteiger partial charge is 0.493 e. The number of sulfonamides is 1. The molecule has 30 heavy (non-hydrogen) atoms. The number of nitrogens with one attached hydrogen (secondary N) is 1. The van der Waals surface area contributed by atoms with Gasteiger partial charge in [-0.1, -0.05) is 23.2 Å². The summed E-state index contributed by atoms with van der Waals surface area (Å²) in [6.45, 7) is 0.428. The number of ether oxygens (including phenoxy) is 2. The summed E-state index contributed by atoms with van der Waals surface area (Å²) in [7, 11) is -0.869. The number of piperidine rings is 1. The number of nitrogens with zero attached hydrogens (tertiary/aromatic N) is 1. The molecule has 1 unspecified atom stereocenters. The summed E-state index contributed by atoms with van der Waals surface area (Å²) in [6.07, 6.45) is 1.16. The van der Waals surface area contributed by atoms with E-state index >= 15 is 0 Å². The number of anilines is 1. The van der Waals surface area contributed by atoms with E-state index in [-0.39, 0.29) is 17.3 Å². The van der Waals surface area contributed by atoms with Crippen molar-refractivity contribution in [2.75, 3.05) is 32.6 Å². The summed E-state index contributed by atoms with van der Waals surface area (Å²) >= 11 is 11.9. The highest BCUT2D eigenvalue weighted by atomic mass is 35.5. The van der Waals surface area contributed by atoms with Crippen LogP contribution >= 0.6 is 23.2 Å². The van der Waals surface area contributed by atoms with Crippen LogP contribution in [0.15, 0.2) is 41.3 Å². The highest BCUT2D eigenvalue weighted by molar-refractivity contribution is 7.89. The van der Waals surface area contributed by atoms with Gasteiger partial charge in [-0.3, -0.25) is 4.79 Å². The maximum Gasteiger partial charge on any atom is 0.243 e. The average Bonchev–Trinajstić information content (AvgIpc) is 2.75. The van der Waals surface area contributed by atoms with Crippen LogP contribution in [0, 0.1) is 5.92 Å². The molecule has 1 N–H and O–H groups in total. The molecular formula is C20H22Cl2N2O5S. The Hall–Kier alpha value is -2.00. The molecule has 1 aliphatic rings. The molecule has 7 nitrogen and oxygen atoms in total. The SMILES string of the molecule is COc1ccc(S(=O)(=O)N2CCCC(C(=O)Nc3ccc(Cl)c(Cl)c3)C2)cc1OC. The number of methoxy groups -OCH3 is 2. The number of benzene rings is 2. The van der Waals surface area contributed by atoms with Gasteiger partial charge in [0, 0.05) is 24.8 Å². The van der Waals surface area contributed by atoms with Crippen molar-refractivity contribution in [1.29, 1.82) is 0 Å². The fourth-order valence-corrected chi connectivity index (χ4v) is 5.16. The minimum absolute atomic E-state index is 0.0871. The van der Waals surface area contributed by atoms with Crippen molar-refractivity contribution in [3.63, 3.8) is 0 Å². The van der Waals surface area contributed by atoms with E-state index in [4.69, 9.17) is 32.7 Å². The lowest BCUT2D eigenvalue weighted by molar-refractivity contribution is -0.120. The summed E-state index contributed by atoms with van der Waals surface area (Å²) in [5.41, 5.74) is 0.509. The second-order valence-corrected chi connectivity index (χ2v) is 9.59. The zero-order valence-electron chi connectivity index (χ0n) is 16.5. The molecule has 162 valence electrons. The zero-order valence-corrected chi connectivity index (χ0v) is 18.9. The summed E-state index contributed by atoms with van der Waals surface area (Å²) < 4.78 is 38.0. The Morgan fingerprint density at radius 2 is 1.80 bits per heavy atom. The fraction of sp³-hybridized carbons (Fsp3) is 0.350. The molecule has 1 amide bonds. The van der Waals surface area contributed by atoms with Crippen molar-refractivity contribution in [3.8, 4) is 11.5 Å². The standard InChI is InChI=1S/C20H22Cl2N2O5S/c1-28-18-8-6-15(11-19(18)29-2)30(26,27)24-9-3-4-13(12-24)20(25)23-14-5-7-16(21)17(22)10-14/h5-8,10-11,13H,3-4,9,12H2,1-2H3,(H,23,25). The van der Waals surface area contributed by atoms with Gasteiger partial charge in [-0.05, 0) is 43.2 Å². The van der Waals surface area contributed by atoms with Crippen molar-refractivity contribution in [2.24, 2.45) is 5.92 Å². The third-order valence-corrected chi connectivity index (χ3v) is 7.53. The van der Waals surface area contributed by atoms with Crippen LogP contribution in [0.1, 0.15) is 12.8 Å². The number of hydrogen-bond donors (Lipinski definition) is 1. The lowest BCUT2D eigenvalue weighted by atomic mass is 9.99. The van der Waals surface area contributed by atoms with Crippen molar-refractivity contribution >= 4 is 44.8 Å². The van der Waals surface area contributed by atoms with Crippen LogP contribution in [0.4, 0.5) is 5.69 Å². The highest BCUT2D eigenvalue weighted by Crippen LogP contribution is 2.32. The van der Waals surface area contributed by atoms with Gasteiger partial charge in [0.05, 0.1) is 35.1 Å². The van der Waals surface area contributed by atoms with Crippen LogP contribution in [0.25, 0.3) is 0 Å². The summed E-state index contributed by atoms with van der Waals surface area (Å²) in [6, 6.07) is 9.23. The first-order chi connectivity index (χ1) is 14.3. The van der Waals surface area contributed by atoms with Crippen molar-refractivity contribution in [1.82, 2.24) is 4.31 Å². The summed E-state index contributed by atoms with van der Waals surface area (Å²) in [4.78, 5) is 12.8. The van der Waals surface area contributed by atoms with Crippen LogP contribution < -0.4 is 14.8 Å². The van der Waals surface area contributed by atoms with Gasteiger partial charge in [-0.15, -0.1) is 0 Å². The predicted molar refractivity (Wildman–Crippen MR) is 116 cm³/mol. The third-order valence-electron chi connectivity index (χ3n) is 4.93. The number of rotatable bonds is 6. The van der Waals surface area contributed by atoms with Crippen LogP contribution in [0.3, 0.4) is 0 Å². The van der Waals surface area contributed by atoms with E-state index in [9.17, 15) is 13.2 Å². The van der Waals surface area contributed by atoms with Gasteiger partial charge in [-0.25, -0.2) is 8.42 Å². The second kappa shape index (κ2) is 9.43. The lowest BCUT2D eigenvalue weighted by Crippen LogP contribution is -2.43. The number of amides is 1. The van der Waals surface area contributed by atoms with Crippen molar-refractivity contribution < 1.29 is 22.7 Å². The van der Waals surface area contributed by atoms with E-state index in [1.54, 1.807) is 24.3 Å². The van der Waals surface area contributed by atoms with Crippen LogP contribution in [-0.4, -0.2) is 45.9 Å². The van der Waals surface area contributed by atoms with Gasteiger partial charge in [0.25, 0.3) is 0 Å². The van der Waals surface area contributed by atoms with E-state index in [0.717, 1.165) is 0 Å². The van der Waals surface area contributed by atoms with Gasteiger partial charge < -0.3 is 14.8 Å². The Morgan fingerprint density at radius 3 is 2.47 bits per heavy atom. The molecule has 1 heterocycles. The third kappa shape index (κ3) is 4.83. The molecule has 2 aromatic carbocycles. The van der Waals surface area contributed by atoms with Crippen molar-refractivity contribution in [3.05, 3.63) is 46.4 Å². The summed E-state index contributed by atoms with van der Waals surface area (Å²) in [5, 5.41) is 3.50. The average molecular weight is 473 g/mol. The molecule has 0 spiro atoms. The topological polar surface area (TPSA) is 84.9 Å². The molecule has 1 fully saturated rings. The first-order valence-electron chi connectivity index (χ1n) is 9.24. The quantitative estimate of drug-likeness (QED) is 0.685. The van der Waals surface area contributed by atoms with Gasteiger partial charge in [-0.2, -0.15) is 4.31 Å². The number of carbonyl (C=O) groups is 1. The van der Waals surface area contributed by atoms with E-state index < -0.39 is 15.9 Å². The van der Waals surface area contributed by atoms with Crippen LogP contribution in [0.5, 0.6) is 11.5 Å². The molecule has 0 bridgehead atoms. The van der Waals surface area contributed by atoms with E-state index in [1.165, 1.54) is 30.7 Å². The predicted octanol–water partition coefficient (Wildman–Crippen LogP) is 4.05. The first-order valence-corrected chi connectivity index (χ1v) is 11.4. The molecule has 1 saturated heterocycles. The summed E-state index contributed by atoms with van der Waals surface area (Å²) in [5.74, 6) is 0.0159. The van der Waals surface area contributed by atoms with E-state index in [2.05, 4.69) is 5.32 Å². The highest BCUT2D eigenvalue weighted by Gasteiger charge is 2.33. The van der Waals surface area contributed by atoms with Crippen LogP contribution in [-0.2, 0) is 14.8 Å². The first kappa shape index (κ1) is 22.7. The number of halogens is 2. The minimum atomic E-state index is -3.79. The zero-order chi connectivity index (χ0) is 21.9. The van der Waals surface area contributed by atoms with Gasteiger partial charge in [0.1, 0.15) is 0 Å². The van der Waals surface area contributed by atoms with Gasteiger partial charge in [0.2, 0.25) is 15.9 Å². The Kier molecular flexibility index (Phi) is 7.13. The smallest absolute Gasteiger partial charge is 0.243 e. The molecule has 0 aromatic heterocycles. The Bertz CT molecular complexity index is 1050. The Balaban J connectivity index is 1.76. The second-order valence-electron chi connectivity index (χ2n) is 6.84. The minimum Gasteiger partial charge on any atom is -0.493 e. The van der Waals surface area contributed by atoms with Gasteiger partial charge in [0.15, 0.2) is 11.5 Å². The number of hydrogen-bond acceptors (Lipinski definition) is 5. The normalized spacial score (nSPS) is 17.4.